The van der Waals surface area contributed by atoms with Crippen molar-refractivity contribution in [2.75, 3.05) is 0 Å². The molecule has 0 saturated heterocycles. The van der Waals surface area contributed by atoms with E-state index in [1.807, 2.05) is 79.0 Å². The van der Waals surface area contributed by atoms with Crippen molar-refractivity contribution < 1.29 is 4.42 Å². The van der Waals surface area contributed by atoms with E-state index in [0.29, 0.717) is 5.82 Å². The number of pyridine rings is 1. The number of para-hydroxylation sites is 1. The Bertz CT molecular complexity index is 2160. The van der Waals surface area contributed by atoms with Crippen LogP contribution in [0.5, 0.6) is 0 Å². The molecule has 3 aromatic heterocycles. The average Bonchev–Trinajstić information content (AvgIpc) is 3.48. The van der Waals surface area contributed by atoms with Crippen molar-refractivity contribution in [3.8, 4) is 56.3 Å². The first kappa shape index (κ1) is 24.9. The number of hydrogen-bond donors (Lipinski definition) is 0. The molecule has 0 N–H and O–H groups in total. The predicted molar refractivity (Wildman–Crippen MR) is 174 cm³/mol. The van der Waals surface area contributed by atoms with Gasteiger partial charge in [-0.1, -0.05) is 121 Å². The molecule has 0 bridgehead atoms. The number of benzene rings is 5. The zero-order valence-corrected chi connectivity index (χ0v) is 23.2. The summed E-state index contributed by atoms with van der Waals surface area (Å²) < 4.78 is 6.17. The second-order valence-corrected chi connectivity index (χ2v) is 10.4. The van der Waals surface area contributed by atoms with Crippen LogP contribution in [0.4, 0.5) is 0 Å². The van der Waals surface area contributed by atoms with Crippen molar-refractivity contribution in [1.82, 2.24) is 15.0 Å². The Morgan fingerprint density at radius 3 is 1.77 bits per heavy atom. The van der Waals surface area contributed by atoms with E-state index in [-0.39, 0.29) is 0 Å². The molecule has 0 radical (unpaired) electrons. The minimum atomic E-state index is 0.688. The van der Waals surface area contributed by atoms with Crippen LogP contribution in [-0.4, -0.2) is 15.0 Å². The van der Waals surface area contributed by atoms with Crippen LogP contribution in [0, 0.1) is 0 Å². The molecule has 4 heteroatoms. The number of rotatable bonds is 5. The van der Waals surface area contributed by atoms with E-state index in [4.69, 9.17) is 19.4 Å². The number of hydrogen-bond acceptors (Lipinski definition) is 4. The fourth-order valence-corrected chi connectivity index (χ4v) is 5.71. The first-order valence-corrected chi connectivity index (χ1v) is 14.3. The van der Waals surface area contributed by atoms with Crippen LogP contribution in [0.15, 0.2) is 156 Å². The van der Waals surface area contributed by atoms with Gasteiger partial charge in [-0.2, -0.15) is 0 Å². The third-order valence-corrected chi connectivity index (χ3v) is 7.78. The van der Waals surface area contributed by atoms with Crippen LogP contribution in [0.1, 0.15) is 0 Å². The quantitative estimate of drug-likeness (QED) is 0.214. The molecule has 0 saturated carbocycles. The molecule has 0 aliphatic heterocycles. The summed E-state index contributed by atoms with van der Waals surface area (Å²) in [5, 5.41) is 2.17. The van der Waals surface area contributed by atoms with Crippen LogP contribution < -0.4 is 0 Å². The monoisotopic (exact) mass is 551 g/mol. The Kier molecular flexibility index (Phi) is 6.08. The van der Waals surface area contributed by atoms with Crippen LogP contribution >= 0.6 is 0 Å². The topological polar surface area (TPSA) is 51.8 Å². The largest absolute Gasteiger partial charge is 0.456 e. The lowest BCUT2D eigenvalue weighted by Crippen LogP contribution is -1.96. The van der Waals surface area contributed by atoms with Crippen LogP contribution in [0.25, 0.3) is 78.2 Å². The van der Waals surface area contributed by atoms with Gasteiger partial charge in [0.25, 0.3) is 0 Å². The molecule has 43 heavy (non-hydrogen) atoms. The van der Waals surface area contributed by atoms with Crippen molar-refractivity contribution in [2.45, 2.75) is 0 Å². The van der Waals surface area contributed by atoms with Gasteiger partial charge in [-0.05, 0) is 29.8 Å². The molecule has 0 atom stereocenters. The molecule has 0 amide bonds. The van der Waals surface area contributed by atoms with Gasteiger partial charge in [0, 0.05) is 44.8 Å². The van der Waals surface area contributed by atoms with E-state index in [2.05, 4.69) is 72.8 Å². The van der Waals surface area contributed by atoms with Crippen LogP contribution in [0.3, 0.4) is 0 Å². The second kappa shape index (κ2) is 10.5. The summed E-state index contributed by atoms with van der Waals surface area (Å²) in [5.74, 6) is 0.688. The molecule has 202 valence electrons. The van der Waals surface area contributed by atoms with Crippen LogP contribution in [0.2, 0.25) is 0 Å². The van der Waals surface area contributed by atoms with Gasteiger partial charge in [-0.15, -0.1) is 0 Å². The highest BCUT2D eigenvalue weighted by Crippen LogP contribution is 2.39. The molecule has 5 aromatic carbocycles. The molecule has 0 aliphatic rings. The lowest BCUT2D eigenvalue weighted by molar-refractivity contribution is 0.669. The molecule has 0 spiro atoms. The normalized spacial score (nSPS) is 11.3. The third-order valence-electron chi connectivity index (χ3n) is 7.78. The first-order valence-electron chi connectivity index (χ1n) is 14.3. The Morgan fingerprint density at radius 1 is 0.442 bits per heavy atom. The highest BCUT2D eigenvalue weighted by atomic mass is 16.3. The second-order valence-electron chi connectivity index (χ2n) is 10.4. The number of aromatic nitrogens is 3. The lowest BCUT2D eigenvalue weighted by atomic mass is 9.95. The standard InChI is InChI=1S/C39H25N3O/c1-3-11-27(12-4-1)33-25-34(28-13-5-2-6-14-28)42-39(41-33)29-22-20-26(21-23-29)30-17-10-24-40-38(30)32-16-9-19-36-37(32)31-15-7-8-18-35(31)43-36/h1-25H. The number of nitrogens with zero attached hydrogens (tertiary/aromatic N) is 3. The fourth-order valence-electron chi connectivity index (χ4n) is 5.71. The van der Waals surface area contributed by atoms with Gasteiger partial charge in [0.1, 0.15) is 11.2 Å². The molecular formula is C39H25N3O. The van der Waals surface area contributed by atoms with Gasteiger partial charge < -0.3 is 4.42 Å². The van der Waals surface area contributed by atoms with Gasteiger partial charge in [0.15, 0.2) is 5.82 Å². The van der Waals surface area contributed by atoms with Gasteiger partial charge >= 0.3 is 0 Å². The number of furan rings is 1. The Labute approximate surface area is 249 Å². The molecule has 3 heterocycles. The van der Waals surface area contributed by atoms with E-state index in [9.17, 15) is 0 Å². The van der Waals surface area contributed by atoms with E-state index in [1.54, 1.807) is 0 Å². The maximum atomic E-state index is 6.17. The van der Waals surface area contributed by atoms with E-state index < -0.39 is 0 Å². The molecule has 0 unspecified atom stereocenters. The average molecular weight is 552 g/mol. The Balaban J connectivity index is 1.23. The Morgan fingerprint density at radius 2 is 1.05 bits per heavy atom. The first-order chi connectivity index (χ1) is 21.3. The zero-order chi connectivity index (χ0) is 28.6. The highest BCUT2D eigenvalue weighted by molar-refractivity contribution is 6.13. The summed E-state index contributed by atoms with van der Waals surface area (Å²) in [6, 6.07) is 49.5. The summed E-state index contributed by atoms with van der Waals surface area (Å²) >= 11 is 0. The van der Waals surface area contributed by atoms with Crippen molar-refractivity contribution >= 4 is 21.9 Å². The van der Waals surface area contributed by atoms with Crippen molar-refractivity contribution in [3.05, 3.63) is 152 Å². The van der Waals surface area contributed by atoms with Gasteiger partial charge in [0.2, 0.25) is 0 Å². The molecule has 8 aromatic rings. The highest BCUT2D eigenvalue weighted by Gasteiger charge is 2.17. The minimum Gasteiger partial charge on any atom is -0.456 e. The SMILES string of the molecule is c1ccc(-c2cc(-c3ccccc3)nc(-c3ccc(-c4cccnc4-c4cccc5oc6ccccc6c45)cc3)n2)cc1. The fraction of sp³-hybridized carbons (Fsp3) is 0. The van der Waals surface area contributed by atoms with Gasteiger partial charge in [-0.3, -0.25) is 4.98 Å². The summed E-state index contributed by atoms with van der Waals surface area (Å²) in [4.78, 5) is 14.8. The lowest BCUT2D eigenvalue weighted by Gasteiger charge is -2.12. The summed E-state index contributed by atoms with van der Waals surface area (Å²) in [6.07, 6.45) is 1.85. The predicted octanol–water partition coefficient (Wildman–Crippen LogP) is 10.1. The smallest absolute Gasteiger partial charge is 0.160 e. The molecule has 4 nitrogen and oxygen atoms in total. The maximum absolute atomic E-state index is 6.17. The van der Waals surface area contributed by atoms with Crippen molar-refractivity contribution in [1.29, 1.82) is 0 Å². The number of fused-ring (bicyclic) bond motifs is 3. The van der Waals surface area contributed by atoms with Gasteiger partial charge in [-0.25, -0.2) is 9.97 Å². The zero-order valence-electron chi connectivity index (χ0n) is 23.2. The van der Waals surface area contributed by atoms with E-state index in [0.717, 1.165) is 72.4 Å². The van der Waals surface area contributed by atoms with Crippen molar-refractivity contribution in [2.24, 2.45) is 0 Å². The Hall–Kier alpha value is -5.87. The maximum Gasteiger partial charge on any atom is 0.160 e. The summed E-state index contributed by atoms with van der Waals surface area (Å²) in [5.41, 5.74) is 10.7. The molecule has 8 rings (SSSR count). The van der Waals surface area contributed by atoms with E-state index in [1.165, 1.54) is 0 Å². The molecule has 0 aliphatic carbocycles. The summed E-state index contributed by atoms with van der Waals surface area (Å²) in [7, 11) is 0. The van der Waals surface area contributed by atoms with E-state index >= 15 is 0 Å². The van der Waals surface area contributed by atoms with Crippen LogP contribution in [-0.2, 0) is 0 Å². The molecule has 0 fully saturated rings. The van der Waals surface area contributed by atoms with Gasteiger partial charge in [0.05, 0.1) is 17.1 Å². The van der Waals surface area contributed by atoms with Crippen molar-refractivity contribution in [3.63, 3.8) is 0 Å². The molecular weight excluding hydrogens is 526 g/mol. The minimum absolute atomic E-state index is 0.688. The summed E-state index contributed by atoms with van der Waals surface area (Å²) in [6.45, 7) is 0. The third kappa shape index (κ3) is 4.55.